The van der Waals surface area contributed by atoms with Gasteiger partial charge < -0.3 is 5.11 Å². The Morgan fingerprint density at radius 1 is 1.33 bits per heavy atom. The summed E-state index contributed by atoms with van der Waals surface area (Å²) in [4.78, 5) is 14.5. The fraction of sp³-hybridized carbons (Fsp3) is 0.0769. The molecule has 8 heteroatoms. The molecule has 0 aliphatic heterocycles. The number of hydrogen-bond donors (Lipinski definition) is 2. The molecule has 0 radical (unpaired) electrons. The second-order valence-corrected chi connectivity index (χ2v) is 6.68. The molecule has 6 nitrogen and oxygen atoms in total. The number of carbonyl (C=O) groups is 1. The van der Waals surface area contributed by atoms with Crippen LogP contribution < -0.4 is 4.72 Å². The highest BCUT2D eigenvalue weighted by Crippen LogP contribution is 2.20. The van der Waals surface area contributed by atoms with Crippen LogP contribution in [-0.4, -0.2) is 24.5 Å². The summed E-state index contributed by atoms with van der Waals surface area (Å²) in [5, 5.41) is 10.6. The molecular weight excluding hydrogens is 312 g/mol. The lowest BCUT2D eigenvalue weighted by atomic mass is 10.2. The van der Waals surface area contributed by atoms with Crippen LogP contribution in [0.15, 0.2) is 40.6 Å². The van der Waals surface area contributed by atoms with E-state index in [1.807, 2.05) is 0 Å². The minimum atomic E-state index is -3.69. The van der Waals surface area contributed by atoms with Gasteiger partial charge in [0.05, 0.1) is 10.6 Å². The number of benzene rings is 1. The number of thiazole rings is 1. The normalized spacial score (nSPS) is 11.7. The maximum absolute atomic E-state index is 12.1. The number of sulfonamides is 1. The number of carboxylic acid groups (broad SMARTS) is 1. The Labute approximate surface area is 125 Å². The van der Waals surface area contributed by atoms with Crippen molar-refractivity contribution in [1.82, 2.24) is 4.98 Å². The fourth-order valence-corrected chi connectivity index (χ4v) is 3.44. The van der Waals surface area contributed by atoms with Crippen molar-refractivity contribution in [2.24, 2.45) is 0 Å². The van der Waals surface area contributed by atoms with Crippen molar-refractivity contribution in [2.75, 3.05) is 4.72 Å². The molecule has 0 amide bonds. The summed E-state index contributed by atoms with van der Waals surface area (Å²) in [5.41, 5.74) is 1.34. The Morgan fingerprint density at radius 3 is 2.52 bits per heavy atom. The summed E-state index contributed by atoms with van der Waals surface area (Å²) in [5.74, 6) is -1.06. The van der Waals surface area contributed by atoms with E-state index in [1.165, 1.54) is 41.7 Å². The molecule has 0 spiro atoms. The van der Waals surface area contributed by atoms with E-state index in [2.05, 4.69) is 9.71 Å². The summed E-state index contributed by atoms with van der Waals surface area (Å²) in [6.07, 6.45) is 2.37. The molecule has 0 saturated heterocycles. The van der Waals surface area contributed by atoms with Gasteiger partial charge in [0.1, 0.15) is 0 Å². The lowest BCUT2D eigenvalue weighted by Gasteiger charge is -2.05. The molecule has 1 aromatic carbocycles. The van der Waals surface area contributed by atoms with Gasteiger partial charge in [-0.1, -0.05) is 12.1 Å². The molecule has 110 valence electrons. The predicted octanol–water partition coefficient (Wildman–Crippen LogP) is 2.35. The van der Waals surface area contributed by atoms with E-state index in [9.17, 15) is 13.2 Å². The Morgan fingerprint density at radius 2 is 2.00 bits per heavy atom. The first-order chi connectivity index (χ1) is 9.87. The molecular formula is C13H12N2O4S2. The highest BCUT2D eigenvalue weighted by Gasteiger charge is 2.15. The highest BCUT2D eigenvalue weighted by molar-refractivity contribution is 7.93. The first kappa shape index (κ1) is 15.2. The van der Waals surface area contributed by atoms with Crippen molar-refractivity contribution >= 4 is 38.5 Å². The summed E-state index contributed by atoms with van der Waals surface area (Å²) in [6, 6.07) is 5.87. The highest BCUT2D eigenvalue weighted by atomic mass is 32.2. The molecule has 2 N–H and O–H groups in total. The molecule has 0 atom stereocenters. The summed E-state index contributed by atoms with van der Waals surface area (Å²) < 4.78 is 26.7. The summed E-state index contributed by atoms with van der Waals surface area (Å²) in [7, 11) is -3.69. The quantitative estimate of drug-likeness (QED) is 0.823. The van der Waals surface area contributed by atoms with Crippen LogP contribution >= 0.6 is 11.3 Å². The monoisotopic (exact) mass is 324 g/mol. The number of aryl methyl sites for hydroxylation is 1. The molecule has 0 unspecified atom stereocenters. The third-order valence-electron chi connectivity index (χ3n) is 2.45. The van der Waals surface area contributed by atoms with E-state index in [0.717, 1.165) is 11.8 Å². The molecule has 1 heterocycles. The molecule has 2 rings (SSSR count). The van der Waals surface area contributed by atoms with Crippen molar-refractivity contribution in [1.29, 1.82) is 0 Å². The van der Waals surface area contributed by atoms with Crippen molar-refractivity contribution in [3.8, 4) is 0 Å². The van der Waals surface area contributed by atoms with E-state index in [1.54, 1.807) is 12.3 Å². The van der Waals surface area contributed by atoms with Crippen molar-refractivity contribution < 1.29 is 18.3 Å². The SMILES string of the molecule is Cc1csc(NS(=O)(=O)c2ccc(/C=C/C(=O)O)cc2)n1. The van der Waals surface area contributed by atoms with Crippen molar-refractivity contribution in [3.05, 3.63) is 47.0 Å². The lowest BCUT2D eigenvalue weighted by molar-refractivity contribution is -0.131. The van der Waals surface area contributed by atoms with E-state index in [-0.39, 0.29) is 4.90 Å². The fourth-order valence-electron chi connectivity index (χ4n) is 1.50. The molecule has 0 aliphatic rings. The Hall–Kier alpha value is -2.19. The predicted molar refractivity (Wildman–Crippen MR) is 80.8 cm³/mol. The first-order valence-corrected chi connectivity index (χ1v) is 8.19. The summed E-state index contributed by atoms with van der Waals surface area (Å²) >= 11 is 1.21. The molecule has 0 saturated carbocycles. The van der Waals surface area contributed by atoms with Crippen LogP contribution in [0.2, 0.25) is 0 Å². The number of aliphatic carboxylic acids is 1. The van der Waals surface area contributed by atoms with E-state index < -0.39 is 16.0 Å². The van der Waals surface area contributed by atoms with Gasteiger partial charge in [-0.05, 0) is 30.7 Å². The molecule has 0 bridgehead atoms. The van der Waals surface area contributed by atoms with Gasteiger partial charge in [0, 0.05) is 11.5 Å². The first-order valence-electron chi connectivity index (χ1n) is 5.83. The zero-order valence-corrected chi connectivity index (χ0v) is 12.6. The van der Waals surface area contributed by atoms with Crippen LogP contribution in [0.5, 0.6) is 0 Å². The van der Waals surface area contributed by atoms with Crippen LogP contribution in [0.4, 0.5) is 5.13 Å². The topological polar surface area (TPSA) is 96.4 Å². The van der Waals surface area contributed by atoms with Crippen molar-refractivity contribution in [3.63, 3.8) is 0 Å². The molecule has 0 fully saturated rings. The van der Waals surface area contributed by atoms with Gasteiger partial charge in [0.15, 0.2) is 5.13 Å². The van der Waals surface area contributed by atoms with Gasteiger partial charge >= 0.3 is 5.97 Å². The Bertz CT molecular complexity index is 777. The van der Waals surface area contributed by atoms with Crippen LogP contribution in [0.25, 0.3) is 6.08 Å². The number of rotatable bonds is 5. The Balaban J connectivity index is 2.19. The van der Waals surface area contributed by atoms with Gasteiger partial charge in [-0.25, -0.2) is 18.2 Å². The average molecular weight is 324 g/mol. The van der Waals surface area contributed by atoms with Gasteiger partial charge in [0.25, 0.3) is 10.0 Å². The zero-order chi connectivity index (χ0) is 15.5. The van der Waals surface area contributed by atoms with Crippen LogP contribution in [0.1, 0.15) is 11.3 Å². The molecule has 21 heavy (non-hydrogen) atoms. The van der Waals surface area contributed by atoms with Gasteiger partial charge in [-0.3, -0.25) is 4.72 Å². The number of nitrogens with zero attached hydrogens (tertiary/aromatic N) is 1. The maximum Gasteiger partial charge on any atom is 0.328 e. The lowest BCUT2D eigenvalue weighted by Crippen LogP contribution is -2.12. The third-order valence-corrected chi connectivity index (χ3v) is 4.81. The maximum atomic E-state index is 12.1. The number of anilines is 1. The second kappa shape index (κ2) is 6.06. The van der Waals surface area contributed by atoms with E-state index in [0.29, 0.717) is 10.7 Å². The number of aromatic nitrogens is 1. The van der Waals surface area contributed by atoms with E-state index in [4.69, 9.17) is 5.11 Å². The minimum Gasteiger partial charge on any atom is -0.478 e. The van der Waals surface area contributed by atoms with Crippen LogP contribution in [0.3, 0.4) is 0 Å². The number of carboxylic acids is 1. The summed E-state index contributed by atoms with van der Waals surface area (Å²) in [6.45, 7) is 1.78. The molecule has 0 aliphatic carbocycles. The largest absolute Gasteiger partial charge is 0.478 e. The third kappa shape index (κ3) is 4.14. The average Bonchev–Trinajstić information content (AvgIpc) is 2.81. The van der Waals surface area contributed by atoms with E-state index >= 15 is 0 Å². The smallest absolute Gasteiger partial charge is 0.328 e. The van der Waals surface area contributed by atoms with Crippen LogP contribution in [0, 0.1) is 6.92 Å². The molecule has 2 aromatic rings. The van der Waals surface area contributed by atoms with Crippen molar-refractivity contribution in [2.45, 2.75) is 11.8 Å². The number of nitrogens with one attached hydrogen (secondary N) is 1. The Kier molecular flexibility index (Phi) is 4.39. The second-order valence-electron chi connectivity index (χ2n) is 4.14. The minimum absolute atomic E-state index is 0.0860. The standard InChI is InChI=1S/C13H12N2O4S2/c1-9-8-20-13(14-9)15-21(18,19)11-5-2-10(3-6-11)4-7-12(16)17/h2-8H,1H3,(H,14,15)(H,16,17)/b7-4+. The zero-order valence-electron chi connectivity index (χ0n) is 11.0. The van der Waals surface area contributed by atoms with Gasteiger partial charge in [-0.2, -0.15) is 0 Å². The molecule has 1 aromatic heterocycles. The number of hydrogen-bond acceptors (Lipinski definition) is 5. The van der Waals surface area contributed by atoms with Gasteiger partial charge in [-0.15, -0.1) is 11.3 Å². The van der Waals surface area contributed by atoms with Crippen LogP contribution in [-0.2, 0) is 14.8 Å². The van der Waals surface area contributed by atoms with Gasteiger partial charge in [0.2, 0.25) is 0 Å².